The highest BCUT2D eigenvalue weighted by molar-refractivity contribution is 7.14. The van der Waals surface area contributed by atoms with E-state index in [4.69, 9.17) is 10.1 Å². The molecule has 0 bridgehead atoms. The maximum absolute atomic E-state index is 13.7. The van der Waals surface area contributed by atoms with Crippen molar-refractivity contribution in [2.24, 2.45) is 0 Å². The molecule has 10 nitrogen and oxygen atoms in total. The van der Waals surface area contributed by atoms with Gasteiger partial charge in [-0.1, -0.05) is 6.92 Å². The van der Waals surface area contributed by atoms with Gasteiger partial charge < -0.3 is 19.8 Å². The van der Waals surface area contributed by atoms with Gasteiger partial charge in [-0.05, 0) is 43.7 Å². The standard InChI is InChI=1S/C30H33FN8O2S/c1-4-25-29(35(3)30-33-26(18-42-30)24-6-5-21(31)12-20(24)14-32)27-13-22(11-19(2)39(27)34-25)37-9-7-36(8-10-37)17-28(41)38-15-23(40)16-38/h5-6,11-13,18,23,40H,4,7-10,15-17H2,1-3H3. The van der Waals surface area contributed by atoms with E-state index in [1.165, 1.54) is 23.5 Å². The third-order valence-corrected chi connectivity index (χ3v) is 9.00. The molecule has 0 unspecified atom stereocenters. The van der Waals surface area contributed by atoms with Crippen LogP contribution in [0, 0.1) is 24.1 Å². The Labute approximate surface area is 247 Å². The summed E-state index contributed by atoms with van der Waals surface area (Å²) < 4.78 is 15.7. The number of rotatable bonds is 7. The molecular weight excluding hydrogens is 555 g/mol. The van der Waals surface area contributed by atoms with E-state index in [2.05, 4.69) is 41.8 Å². The number of nitriles is 1. The second kappa shape index (κ2) is 11.3. The fourth-order valence-electron chi connectivity index (χ4n) is 5.70. The van der Waals surface area contributed by atoms with E-state index >= 15 is 0 Å². The number of hydrogen-bond acceptors (Lipinski definition) is 9. The summed E-state index contributed by atoms with van der Waals surface area (Å²) in [5.41, 5.74) is 6.53. The van der Waals surface area contributed by atoms with Gasteiger partial charge in [0.25, 0.3) is 0 Å². The van der Waals surface area contributed by atoms with Crippen LogP contribution in [0.2, 0.25) is 0 Å². The first-order valence-corrected chi connectivity index (χ1v) is 15.0. The summed E-state index contributed by atoms with van der Waals surface area (Å²) in [6, 6.07) is 10.6. The molecule has 2 aliphatic heterocycles. The van der Waals surface area contributed by atoms with Crippen molar-refractivity contribution in [3.05, 3.63) is 58.5 Å². The van der Waals surface area contributed by atoms with Crippen molar-refractivity contribution in [1.82, 2.24) is 24.4 Å². The SMILES string of the molecule is CCc1nn2c(C)cc(N3CCN(CC(=O)N4CC(O)C4)CC3)cc2c1N(C)c1nc(-c2ccc(F)cc2C#N)cs1. The molecule has 42 heavy (non-hydrogen) atoms. The van der Waals surface area contributed by atoms with Gasteiger partial charge in [-0.3, -0.25) is 9.69 Å². The van der Waals surface area contributed by atoms with Crippen molar-refractivity contribution in [3.63, 3.8) is 0 Å². The molecule has 1 aromatic carbocycles. The molecule has 218 valence electrons. The number of fused-ring (bicyclic) bond motifs is 1. The summed E-state index contributed by atoms with van der Waals surface area (Å²) in [5, 5.41) is 26.6. The van der Waals surface area contributed by atoms with E-state index in [1.54, 1.807) is 11.0 Å². The number of piperazine rings is 1. The van der Waals surface area contributed by atoms with Crippen LogP contribution in [0.25, 0.3) is 16.8 Å². The molecule has 12 heteroatoms. The lowest BCUT2D eigenvalue weighted by Crippen LogP contribution is -2.57. The maximum atomic E-state index is 13.7. The monoisotopic (exact) mass is 588 g/mol. The van der Waals surface area contributed by atoms with E-state index in [0.717, 1.165) is 66.0 Å². The highest BCUT2D eigenvalue weighted by atomic mass is 32.1. The molecular formula is C30H33FN8O2S. The van der Waals surface area contributed by atoms with Gasteiger partial charge in [0.1, 0.15) is 5.82 Å². The highest BCUT2D eigenvalue weighted by Gasteiger charge is 2.30. The third kappa shape index (κ3) is 5.19. The average Bonchev–Trinajstić information content (AvgIpc) is 3.61. The van der Waals surface area contributed by atoms with Crippen LogP contribution in [-0.4, -0.2) is 94.4 Å². The molecule has 2 aliphatic rings. The smallest absolute Gasteiger partial charge is 0.236 e. The number of benzene rings is 1. The topological polar surface area (TPSA) is 104 Å². The van der Waals surface area contributed by atoms with Gasteiger partial charge in [0, 0.05) is 68.6 Å². The normalized spacial score (nSPS) is 16.1. The zero-order valence-corrected chi connectivity index (χ0v) is 24.7. The number of carbonyl (C=O) groups excluding carboxylic acids is 1. The van der Waals surface area contributed by atoms with Gasteiger partial charge in [-0.15, -0.1) is 11.3 Å². The Kier molecular flexibility index (Phi) is 7.57. The quantitative estimate of drug-likeness (QED) is 0.350. The second-order valence-corrected chi connectivity index (χ2v) is 11.7. The van der Waals surface area contributed by atoms with Gasteiger partial charge >= 0.3 is 0 Å². The lowest BCUT2D eigenvalue weighted by molar-refractivity contribution is -0.142. The van der Waals surface area contributed by atoms with Crippen molar-refractivity contribution in [1.29, 1.82) is 5.26 Å². The number of carbonyl (C=O) groups is 1. The number of aliphatic hydroxyl groups excluding tert-OH is 1. The predicted octanol–water partition coefficient (Wildman–Crippen LogP) is 3.43. The number of pyridine rings is 1. The minimum Gasteiger partial charge on any atom is -0.389 e. The number of hydrogen-bond donors (Lipinski definition) is 1. The Balaban J connectivity index is 1.25. The molecule has 4 aromatic rings. The van der Waals surface area contributed by atoms with E-state index < -0.39 is 5.82 Å². The summed E-state index contributed by atoms with van der Waals surface area (Å²) in [5.74, 6) is -0.367. The van der Waals surface area contributed by atoms with Gasteiger partial charge in [-0.2, -0.15) is 10.4 Å². The number of aliphatic hydroxyl groups is 1. The molecule has 2 saturated heterocycles. The lowest BCUT2D eigenvalue weighted by Gasteiger charge is -2.39. The summed E-state index contributed by atoms with van der Waals surface area (Å²) in [7, 11) is 1.98. The van der Waals surface area contributed by atoms with Crippen molar-refractivity contribution >= 4 is 39.3 Å². The van der Waals surface area contributed by atoms with E-state index in [0.29, 0.717) is 30.9 Å². The van der Waals surface area contributed by atoms with E-state index in [-0.39, 0.29) is 17.6 Å². The summed E-state index contributed by atoms with van der Waals surface area (Å²) >= 11 is 1.46. The second-order valence-electron chi connectivity index (χ2n) is 10.9. The van der Waals surface area contributed by atoms with Crippen LogP contribution in [0.15, 0.2) is 35.7 Å². The molecule has 0 aliphatic carbocycles. The number of likely N-dealkylation sites (tertiary alicyclic amines) is 1. The number of nitrogens with zero attached hydrogens (tertiary/aromatic N) is 8. The number of aryl methyl sites for hydroxylation is 2. The van der Waals surface area contributed by atoms with Gasteiger partial charge in [-0.25, -0.2) is 13.9 Å². The Morgan fingerprint density at radius 3 is 2.67 bits per heavy atom. The predicted molar refractivity (Wildman–Crippen MR) is 161 cm³/mol. The summed E-state index contributed by atoms with van der Waals surface area (Å²) in [6.45, 7) is 8.60. The Hall–Kier alpha value is -4.05. The van der Waals surface area contributed by atoms with E-state index in [1.807, 2.05) is 21.8 Å². The minimum atomic E-state index is -0.449. The maximum Gasteiger partial charge on any atom is 0.236 e. The largest absolute Gasteiger partial charge is 0.389 e. The molecule has 0 saturated carbocycles. The average molecular weight is 589 g/mol. The Morgan fingerprint density at radius 2 is 1.98 bits per heavy atom. The van der Waals surface area contributed by atoms with Crippen molar-refractivity contribution in [3.8, 4) is 17.3 Å². The molecule has 6 rings (SSSR count). The first kappa shape index (κ1) is 28.1. The minimum absolute atomic E-state index is 0.0821. The zero-order chi connectivity index (χ0) is 29.5. The Morgan fingerprint density at radius 1 is 1.21 bits per heavy atom. The molecule has 2 fully saturated rings. The molecule has 3 aromatic heterocycles. The number of halogens is 1. The summed E-state index contributed by atoms with van der Waals surface area (Å²) in [4.78, 5) is 25.6. The Bertz CT molecular complexity index is 1680. The van der Waals surface area contributed by atoms with Crippen molar-refractivity contribution < 1.29 is 14.3 Å². The third-order valence-electron chi connectivity index (χ3n) is 8.08. The van der Waals surface area contributed by atoms with Crippen LogP contribution >= 0.6 is 11.3 Å². The van der Waals surface area contributed by atoms with Crippen LogP contribution < -0.4 is 9.80 Å². The number of thiazole rings is 1. The molecule has 1 amide bonds. The van der Waals surface area contributed by atoms with E-state index in [9.17, 15) is 19.6 Å². The molecule has 0 spiro atoms. The highest BCUT2D eigenvalue weighted by Crippen LogP contribution is 2.38. The molecule has 5 heterocycles. The zero-order valence-electron chi connectivity index (χ0n) is 23.9. The van der Waals surface area contributed by atoms with Crippen LogP contribution in [-0.2, 0) is 11.2 Å². The van der Waals surface area contributed by atoms with Gasteiger partial charge in [0.05, 0.1) is 46.9 Å². The van der Waals surface area contributed by atoms with Crippen LogP contribution in [0.3, 0.4) is 0 Å². The van der Waals surface area contributed by atoms with Crippen LogP contribution in [0.4, 0.5) is 20.9 Å². The van der Waals surface area contributed by atoms with Crippen molar-refractivity contribution in [2.75, 3.05) is 62.7 Å². The van der Waals surface area contributed by atoms with Crippen LogP contribution in [0.5, 0.6) is 0 Å². The first-order chi connectivity index (χ1) is 20.2. The fourth-order valence-corrected chi connectivity index (χ4v) is 6.49. The molecule has 1 N–H and O–H groups in total. The first-order valence-electron chi connectivity index (χ1n) is 14.1. The van der Waals surface area contributed by atoms with Gasteiger partial charge in [0.15, 0.2) is 5.13 Å². The number of β-amino-alcohol motifs (C(OH)–C–C–N with tert-alkyl or cyclic N) is 1. The fraction of sp³-hybridized carbons (Fsp3) is 0.400. The van der Waals surface area contributed by atoms with Crippen LogP contribution in [0.1, 0.15) is 23.9 Å². The number of aromatic nitrogens is 3. The van der Waals surface area contributed by atoms with Gasteiger partial charge in [0.2, 0.25) is 5.91 Å². The van der Waals surface area contributed by atoms with Crippen molar-refractivity contribution in [2.45, 2.75) is 26.4 Å². The lowest BCUT2D eigenvalue weighted by atomic mass is 10.1. The number of anilines is 3. The number of amides is 1. The molecule has 0 radical (unpaired) electrons. The summed E-state index contributed by atoms with van der Waals surface area (Å²) in [6.07, 6.45) is 0.361. The molecule has 0 atom stereocenters.